The molecule has 4 nitrogen and oxygen atoms in total. The van der Waals surface area contributed by atoms with Crippen molar-refractivity contribution in [2.45, 2.75) is 49.4 Å². The molecule has 4 saturated carbocycles. The molecule has 8 rings (SSSR count). The Bertz CT molecular complexity index is 1200. The molecule has 2 heterocycles. The number of fused-ring (bicyclic) bond motifs is 1. The Hall–Kier alpha value is -2.49. The van der Waals surface area contributed by atoms with E-state index in [2.05, 4.69) is 41.7 Å². The molecular formula is C29H30N3OSe+. The van der Waals surface area contributed by atoms with E-state index in [9.17, 15) is 4.79 Å². The summed E-state index contributed by atoms with van der Waals surface area (Å²) in [7, 11) is 0. The number of hydrogen-bond acceptors (Lipinski definition) is 3. The van der Waals surface area contributed by atoms with Crippen LogP contribution in [-0.4, -0.2) is 31.9 Å². The second kappa shape index (κ2) is 8.32. The van der Waals surface area contributed by atoms with Crippen LogP contribution in [-0.2, 0) is 6.42 Å². The fourth-order valence-corrected chi connectivity index (χ4v) is 10.4. The Morgan fingerprint density at radius 1 is 0.882 bits per heavy atom. The van der Waals surface area contributed by atoms with Gasteiger partial charge in [0.25, 0.3) is 0 Å². The minimum absolute atomic E-state index is 0.139. The molecule has 0 amide bonds. The Kier molecular flexibility index (Phi) is 5.10. The first-order chi connectivity index (χ1) is 16.7. The first-order valence-corrected chi connectivity index (χ1v) is 14.6. The summed E-state index contributed by atoms with van der Waals surface area (Å²) in [6.07, 6.45) is 9.85. The second-order valence-corrected chi connectivity index (χ2v) is 13.2. The maximum absolute atomic E-state index is 13.6. The number of carbonyl (C=O) groups is 1. The summed E-state index contributed by atoms with van der Waals surface area (Å²) in [4.78, 5) is 19.6. The topological polar surface area (TPSA) is 45.9 Å². The summed E-state index contributed by atoms with van der Waals surface area (Å²) in [5.74, 6) is 4.80. The van der Waals surface area contributed by atoms with Crippen LogP contribution in [0.2, 0.25) is 4.82 Å². The van der Waals surface area contributed by atoms with Gasteiger partial charge in [-0.3, -0.25) is 0 Å². The predicted octanol–water partition coefficient (Wildman–Crippen LogP) is 4.29. The van der Waals surface area contributed by atoms with Crippen molar-refractivity contribution >= 4 is 31.3 Å². The SMILES string of the molecule is O=C1C(Cc2ccccc2)Nc2c([Se]C3C4CC5CC(C4)CC3C5)nc(-c3ccccc3)c[n+]21. The van der Waals surface area contributed by atoms with E-state index in [1.807, 2.05) is 35.0 Å². The molecule has 0 spiro atoms. The van der Waals surface area contributed by atoms with E-state index in [0.717, 1.165) is 50.2 Å². The molecule has 1 atom stereocenters. The van der Waals surface area contributed by atoms with Crippen LogP contribution in [0.25, 0.3) is 11.3 Å². The van der Waals surface area contributed by atoms with E-state index < -0.39 is 0 Å². The van der Waals surface area contributed by atoms with Crippen molar-refractivity contribution in [2.24, 2.45) is 23.7 Å². The fraction of sp³-hybridized carbons (Fsp3) is 0.414. The molecule has 2 aromatic carbocycles. The van der Waals surface area contributed by atoms with Crippen molar-refractivity contribution in [2.75, 3.05) is 5.32 Å². The average molecular weight is 516 g/mol. The maximum atomic E-state index is 13.6. The van der Waals surface area contributed by atoms with Crippen molar-refractivity contribution in [1.29, 1.82) is 0 Å². The van der Waals surface area contributed by atoms with Gasteiger partial charge < -0.3 is 0 Å². The van der Waals surface area contributed by atoms with E-state index in [4.69, 9.17) is 4.98 Å². The third kappa shape index (κ3) is 3.61. The second-order valence-electron chi connectivity index (χ2n) is 10.8. The van der Waals surface area contributed by atoms with Crippen LogP contribution in [0.4, 0.5) is 5.82 Å². The van der Waals surface area contributed by atoms with Gasteiger partial charge in [0.15, 0.2) is 0 Å². The van der Waals surface area contributed by atoms with Gasteiger partial charge in [-0.25, -0.2) is 0 Å². The van der Waals surface area contributed by atoms with Crippen molar-refractivity contribution in [3.63, 3.8) is 0 Å². The molecule has 4 fully saturated rings. The molecule has 0 radical (unpaired) electrons. The molecule has 4 bridgehead atoms. The molecule has 3 aromatic rings. The molecule has 5 heteroatoms. The minimum atomic E-state index is -0.233. The van der Waals surface area contributed by atoms with Crippen molar-refractivity contribution in [3.05, 3.63) is 72.4 Å². The molecule has 1 aromatic heterocycles. The normalized spacial score (nSPS) is 30.9. The van der Waals surface area contributed by atoms with Gasteiger partial charge in [0, 0.05) is 0 Å². The number of benzene rings is 2. The first kappa shape index (κ1) is 20.8. The molecule has 172 valence electrons. The standard InChI is InChI=1S/C29H29N3OSe/c33-29-24(16-18-7-3-1-4-8-18)30-27-28(31-25(17-32(27)29)21-9-5-2-6-10-21)34-26-22-12-19-11-20(14-22)15-23(26)13-19/h1-10,17,19-20,22-24,26H,11-16H2/p+1. The number of carbonyl (C=O) groups excluding carboxylic acids is 1. The zero-order chi connectivity index (χ0) is 22.6. The van der Waals surface area contributed by atoms with Gasteiger partial charge in [-0.05, 0) is 0 Å². The number of hydrogen-bond donors (Lipinski definition) is 1. The zero-order valence-corrected chi connectivity index (χ0v) is 21.0. The Morgan fingerprint density at radius 2 is 1.53 bits per heavy atom. The van der Waals surface area contributed by atoms with E-state index >= 15 is 0 Å². The Balaban J connectivity index is 1.25. The molecular weight excluding hydrogens is 485 g/mol. The molecule has 34 heavy (non-hydrogen) atoms. The van der Waals surface area contributed by atoms with Crippen LogP contribution < -0.4 is 14.5 Å². The summed E-state index contributed by atoms with van der Waals surface area (Å²) < 4.78 is 3.03. The number of nitrogens with zero attached hydrogens (tertiary/aromatic N) is 2. The number of rotatable bonds is 5. The first-order valence-electron chi connectivity index (χ1n) is 12.7. The van der Waals surface area contributed by atoms with Crippen LogP contribution in [0.1, 0.15) is 42.5 Å². The van der Waals surface area contributed by atoms with Crippen LogP contribution >= 0.6 is 0 Å². The quantitative estimate of drug-likeness (QED) is 0.408. The van der Waals surface area contributed by atoms with Gasteiger partial charge in [0.2, 0.25) is 0 Å². The van der Waals surface area contributed by atoms with Gasteiger partial charge in [-0.1, -0.05) is 0 Å². The molecule has 1 unspecified atom stereocenters. The number of anilines is 1. The van der Waals surface area contributed by atoms with Gasteiger partial charge >= 0.3 is 208 Å². The molecule has 1 aliphatic heterocycles. The van der Waals surface area contributed by atoms with Gasteiger partial charge in [-0.2, -0.15) is 0 Å². The van der Waals surface area contributed by atoms with Crippen molar-refractivity contribution in [3.8, 4) is 11.3 Å². The van der Waals surface area contributed by atoms with Gasteiger partial charge in [-0.15, -0.1) is 0 Å². The summed E-state index contributed by atoms with van der Waals surface area (Å²) in [6, 6.07) is 20.4. The predicted molar refractivity (Wildman–Crippen MR) is 134 cm³/mol. The van der Waals surface area contributed by atoms with Gasteiger partial charge in [0.1, 0.15) is 0 Å². The van der Waals surface area contributed by atoms with E-state index in [1.165, 1.54) is 37.7 Å². The summed E-state index contributed by atoms with van der Waals surface area (Å²) in [6.45, 7) is 0. The summed E-state index contributed by atoms with van der Waals surface area (Å²) in [5, 5.41) is 3.62. The molecule has 1 N–H and O–H groups in total. The molecule has 0 saturated heterocycles. The fourth-order valence-electron chi connectivity index (χ4n) is 7.20. The summed E-state index contributed by atoms with van der Waals surface area (Å²) in [5.41, 5.74) is 3.19. The Morgan fingerprint density at radius 3 is 2.21 bits per heavy atom. The monoisotopic (exact) mass is 516 g/mol. The van der Waals surface area contributed by atoms with E-state index in [-0.39, 0.29) is 26.9 Å². The van der Waals surface area contributed by atoms with E-state index in [0.29, 0.717) is 6.42 Å². The molecule has 4 aliphatic carbocycles. The van der Waals surface area contributed by atoms with Crippen LogP contribution in [0.3, 0.4) is 0 Å². The van der Waals surface area contributed by atoms with Gasteiger partial charge in [0.05, 0.1) is 0 Å². The van der Waals surface area contributed by atoms with Crippen LogP contribution in [0, 0.1) is 23.7 Å². The average Bonchev–Trinajstić information content (AvgIpc) is 3.17. The summed E-state index contributed by atoms with van der Waals surface area (Å²) >= 11 is 0.263. The zero-order valence-electron chi connectivity index (χ0n) is 19.3. The van der Waals surface area contributed by atoms with Crippen molar-refractivity contribution in [1.82, 2.24) is 4.98 Å². The van der Waals surface area contributed by atoms with Crippen LogP contribution in [0.5, 0.6) is 0 Å². The Labute approximate surface area is 207 Å². The third-order valence-corrected chi connectivity index (χ3v) is 11.8. The number of aromatic nitrogens is 2. The van der Waals surface area contributed by atoms with E-state index in [1.54, 1.807) is 0 Å². The third-order valence-electron chi connectivity index (χ3n) is 8.50. The van der Waals surface area contributed by atoms with Crippen LogP contribution in [0.15, 0.2) is 66.9 Å². The number of nitrogens with one attached hydrogen (secondary N) is 1. The molecule has 5 aliphatic rings. The van der Waals surface area contributed by atoms with Crippen molar-refractivity contribution < 1.29 is 9.36 Å².